The van der Waals surface area contributed by atoms with E-state index in [4.69, 9.17) is 0 Å². The first kappa shape index (κ1) is 19.5. The number of ketones is 2. The van der Waals surface area contributed by atoms with Crippen molar-refractivity contribution in [1.29, 1.82) is 0 Å². The van der Waals surface area contributed by atoms with Gasteiger partial charge in [-0.15, -0.1) is 0 Å². The third-order valence-corrected chi connectivity index (χ3v) is 4.56. The van der Waals surface area contributed by atoms with Crippen molar-refractivity contribution in [2.24, 2.45) is 0 Å². The number of rotatable bonds is 2. The highest BCUT2D eigenvalue weighted by molar-refractivity contribution is 5.95. The lowest BCUT2D eigenvalue weighted by atomic mass is 10.2. The number of hydrogen-bond donors (Lipinski definition) is 0. The van der Waals surface area contributed by atoms with E-state index >= 15 is 0 Å². The summed E-state index contributed by atoms with van der Waals surface area (Å²) in [5.41, 5.74) is 6.90. The zero-order chi connectivity index (χ0) is 20.6. The largest absolute Gasteiger partial charge is 0.297 e. The van der Waals surface area contributed by atoms with E-state index in [2.05, 4.69) is 9.97 Å². The fraction of sp³-hybridized carbons (Fsp3) is 0.273. The van der Waals surface area contributed by atoms with Crippen LogP contribution in [0.3, 0.4) is 0 Å². The molecule has 144 valence electrons. The number of pyridine rings is 2. The van der Waals surface area contributed by atoms with Crippen LogP contribution in [0.4, 0.5) is 0 Å². The van der Waals surface area contributed by atoms with Crippen LogP contribution in [0.5, 0.6) is 0 Å². The lowest BCUT2D eigenvalue weighted by Gasteiger charge is -1.99. The normalized spacial score (nSPS) is 10.8. The highest BCUT2D eigenvalue weighted by atomic mass is 16.1. The molecule has 4 aromatic rings. The molecule has 28 heavy (non-hydrogen) atoms. The van der Waals surface area contributed by atoms with E-state index in [1.807, 2.05) is 73.2 Å². The summed E-state index contributed by atoms with van der Waals surface area (Å²) in [6.07, 6.45) is 3.83. The van der Waals surface area contributed by atoms with Gasteiger partial charge in [-0.2, -0.15) is 0 Å². The third-order valence-electron chi connectivity index (χ3n) is 4.56. The van der Waals surface area contributed by atoms with E-state index in [0.717, 1.165) is 33.8 Å². The van der Waals surface area contributed by atoms with Gasteiger partial charge in [0.2, 0.25) is 0 Å². The molecule has 0 amide bonds. The maximum Gasteiger partial charge on any atom is 0.178 e. The van der Waals surface area contributed by atoms with Gasteiger partial charge in [0.15, 0.2) is 11.6 Å². The molecule has 0 aromatic carbocycles. The van der Waals surface area contributed by atoms with Crippen molar-refractivity contribution in [2.45, 2.75) is 41.5 Å². The molecule has 0 N–H and O–H groups in total. The van der Waals surface area contributed by atoms with Crippen LogP contribution in [0.15, 0.2) is 36.7 Å². The minimum Gasteiger partial charge on any atom is -0.297 e. The monoisotopic (exact) mass is 376 g/mol. The highest BCUT2D eigenvalue weighted by Gasteiger charge is 2.12. The lowest BCUT2D eigenvalue weighted by Crippen LogP contribution is -2.00. The van der Waals surface area contributed by atoms with Crippen LogP contribution in [0, 0.1) is 27.7 Å². The Hall–Kier alpha value is -3.28. The van der Waals surface area contributed by atoms with Crippen LogP contribution < -0.4 is 0 Å². The predicted molar refractivity (Wildman–Crippen MR) is 109 cm³/mol. The smallest absolute Gasteiger partial charge is 0.178 e. The Morgan fingerprint density at radius 2 is 1.32 bits per heavy atom. The van der Waals surface area contributed by atoms with Crippen LogP contribution in [-0.4, -0.2) is 30.3 Å². The Morgan fingerprint density at radius 1 is 0.750 bits per heavy atom. The molecular formula is C22H24N4O2. The summed E-state index contributed by atoms with van der Waals surface area (Å²) in [4.78, 5) is 31.4. The molecule has 0 bridgehead atoms. The topological polar surface area (TPSA) is 68.7 Å². The van der Waals surface area contributed by atoms with Crippen LogP contribution in [0.25, 0.3) is 11.3 Å². The van der Waals surface area contributed by atoms with E-state index in [1.165, 1.54) is 0 Å². The molecule has 0 saturated heterocycles. The molecule has 0 atom stereocenters. The molecule has 0 aliphatic rings. The second-order valence-electron chi connectivity index (χ2n) is 7.07. The molecule has 0 spiro atoms. The number of aromatic nitrogens is 4. The maximum absolute atomic E-state index is 11.4. The number of Topliss-reactive ketones (excluding diaryl/α,β-unsaturated/α-hetero) is 2. The van der Waals surface area contributed by atoms with E-state index in [1.54, 1.807) is 13.8 Å². The quantitative estimate of drug-likeness (QED) is 0.489. The first-order chi connectivity index (χ1) is 13.2. The zero-order valence-corrected chi connectivity index (χ0v) is 17.1. The zero-order valence-electron chi connectivity index (χ0n) is 17.1. The van der Waals surface area contributed by atoms with Gasteiger partial charge in [0.25, 0.3) is 0 Å². The molecule has 4 rings (SSSR count). The van der Waals surface area contributed by atoms with Gasteiger partial charge >= 0.3 is 0 Å². The lowest BCUT2D eigenvalue weighted by molar-refractivity contribution is 0.0998. The summed E-state index contributed by atoms with van der Waals surface area (Å²) in [6, 6.07) is 7.86. The van der Waals surface area contributed by atoms with Crippen molar-refractivity contribution in [2.75, 3.05) is 0 Å². The van der Waals surface area contributed by atoms with Crippen LogP contribution in [0.2, 0.25) is 0 Å². The third kappa shape index (κ3) is 3.58. The molecule has 6 nitrogen and oxygen atoms in total. The van der Waals surface area contributed by atoms with Gasteiger partial charge in [0.1, 0.15) is 22.7 Å². The van der Waals surface area contributed by atoms with Crippen molar-refractivity contribution in [3.8, 4) is 0 Å². The molecule has 0 aliphatic heterocycles. The number of carbonyl (C=O) groups is 2. The average Bonchev–Trinajstić information content (AvgIpc) is 3.09. The standard InChI is InChI=1S/2C11H12N2O/c1-7-4-5-13-10(6-7)12-8(2)11(13)9(3)14;1-7-4-5-10-12-8(2)11(9(3)14)13(10)6-7/h2*4-6H,1-3H3. The second-order valence-corrected chi connectivity index (χ2v) is 7.07. The Kier molecular flexibility index (Phi) is 5.14. The van der Waals surface area contributed by atoms with Crippen LogP contribution >= 0.6 is 0 Å². The summed E-state index contributed by atoms with van der Waals surface area (Å²) in [5, 5.41) is 0. The fourth-order valence-electron chi connectivity index (χ4n) is 3.38. The molecule has 6 heteroatoms. The minimum atomic E-state index is 0.0545. The molecule has 0 fully saturated rings. The first-order valence-electron chi connectivity index (χ1n) is 9.11. The molecule has 0 unspecified atom stereocenters. The van der Waals surface area contributed by atoms with E-state index in [-0.39, 0.29) is 11.6 Å². The number of fused-ring (bicyclic) bond motifs is 2. The van der Waals surface area contributed by atoms with Crippen LogP contribution in [0.1, 0.15) is 57.3 Å². The van der Waals surface area contributed by atoms with E-state index in [0.29, 0.717) is 11.4 Å². The van der Waals surface area contributed by atoms with Gasteiger partial charge in [-0.1, -0.05) is 6.07 Å². The maximum atomic E-state index is 11.4. The van der Waals surface area contributed by atoms with Gasteiger partial charge in [0, 0.05) is 26.2 Å². The molecular weight excluding hydrogens is 352 g/mol. The Bertz CT molecular complexity index is 1210. The fourth-order valence-corrected chi connectivity index (χ4v) is 3.38. The molecule has 0 aliphatic carbocycles. The molecule has 0 saturated carbocycles. The van der Waals surface area contributed by atoms with E-state index in [9.17, 15) is 9.59 Å². The summed E-state index contributed by atoms with van der Waals surface area (Å²) >= 11 is 0. The number of carbonyl (C=O) groups excluding carboxylic acids is 2. The SMILES string of the molecule is CC(=O)c1c(C)nc2cc(C)ccn12.CC(=O)c1c(C)nc2ccc(C)cn12. The Balaban J connectivity index is 0.000000161. The summed E-state index contributed by atoms with van der Waals surface area (Å²) < 4.78 is 3.69. The number of aryl methyl sites for hydroxylation is 4. The number of imidazole rings is 2. The highest BCUT2D eigenvalue weighted by Crippen LogP contribution is 2.14. The molecule has 4 aromatic heterocycles. The summed E-state index contributed by atoms with van der Waals surface area (Å²) in [7, 11) is 0. The van der Waals surface area contributed by atoms with Gasteiger partial charge in [-0.3, -0.25) is 18.4 Å². The predicted octanol–water partition coefficient (Wildman–Crippen LogP) is 4.31. The summed E-state index contributed by atoms with van der Waals surface area (Å²) in [5.74, 6) is 0.111. The summed E-state index contributed by atoms with van der Waals surface area (Å²) in [6.45, 7) is 10.9. The Morgan fingerprint density at radius 3 is 1.93 bits per heavy atom. The number of nitrogens with zero attached hydrogens (tertiary/aromatic N) is 4. The Labute approximate surface area is 163 Å². The van der Waals surface area contributed by atoms with Crippen molar-refractivity contribution in [1.82, 2.24) is 18.8 Å². The molecule has 4 heterocycles. The van der Waals surface area contributed by atoms with Crippen molar-refractivity contribution in [3.63, 3.8) is 0 Å². The first-order valence-corrected chi connectivity index (χ1v) is 9.11. The van der Waals surface area contributed by atoms with Gasteiger partial charge in [0.05, 0.1) is 11.4 Å². The van der Waals surface area contributed by atoms with Crippen molar-refractivity contribution < 1.29 is 9.59 Å². The van der Waals surface area contributed by atoms with Gasteiger partial charge < -0.3 is 0 Å². The van der Waals surface area contributed by atoms with Gasteiger partial charge in [-0.05, 0) is 57.0 Å². The minimum absolute atomic E-state index is 0.0545. The number of hydrogen-bond acceptors (Lipinski definition) is 4. The van der Waals surface area contributed by atoms with Crippen LogP contribution in [-0.2, 0) is 0 Å². The van der Waals surface area contributed by atoms with Gasteiger partial charge in [-0.25, -0.2) is 9.97 Å². The van der Waals surface area contributed by atoms with Crippen molar-refractivity contribution >= 4 is 22.9 Å². The van der Waals surface area contributed by atoms with E-state index < -0.39 is 0 Å². The second kappa shape index (κ2) is 7.38. The average molecular weight is 376 g/mol. The molecule has 0 radical (unpaired) electrons. The van der Waals surface area contributed by atoms with Crippen molar-refractivity contribution in [3.05, 3.63) is 70.6 Å².